The fourth-order valence-electron chi connectivity index (χ4n) is 1.05. The summed E-state index contributed by atoms with van der Waals surface area (Å²) in [5.74, 6) is -0.336. The van der Waals surface area contributed by atoms with E-state index in [4.69, 9.17) is 5.11 Å². The molecule has 1 rings (SSSR count). The van der Waals surface area contributed by atoms with Crippen LogP contribution in [0.25, 0.3) is 0 Å². The summed E-state index contributed by atoms with van der Waals surface area (Å²) in [5.41, 5.74) is 0. The molecule has 1 aliphatic rings. The number of carbonyl (C=O) groups excluding carboxylic acids is 1. The Balaban J connectivity index is 2.22. The highest BCUT2D eigenvalue weighted by molar-refractivity contribution is 5.81. The Bertz CT molecular complexity index is 254. The van der Waals surface area contributed by atoms with Crippen LogP contribution in [0, 0.1) is 0 Å². The van der Waals surface area contributed by atoms with E-state index in [0.717, 1.165) is 12.8 Å². The van der Waals surface area contributed by atoms with Gasteiger partial charge in [-0.15, -0.1) is 0 Å². The maximum absolute atomic E-state index is 11.9. The molecule has 2 unspecified atom stereocenters. The number of nitrogens with one attached hydrogen (secondary N) is 2. The quantitative estimate of drug-likeness (QED) is 0.642. The van der Waals surface area contributed by atoms with Crippen LogP contribution >= 0.6 is 0 Å². The van der Waals surface area contributed by atoms with Crippen LogP contribution in [0.15, 0.2) is 0 Å². The Morgan fingerprint density at radius 3 is 2.50 bits per heavy atom. The molecule has 3 N–H and O–H groups in total. The summed E-state index contributed by atoms with van der Waals surface area (Å²) < 4.78 is 35.8. The van der Waals surface area contributed by atoms with E-state index < -0.39 is 24.9 Å². The van der Waals surface area contributed by atoms with E-state index >= 15 is 0 Å². The third-order valence-electron chi connectivity index (χ3n) is 2.31. The van der Waals surface area contributed by atoms with E-state index in [9.17, 15) is 18.0 Å². The number of hydrogen-bond donors (Lipinski definition) is 3. The van der Waals surface area contributed by atoms with Gasteiger partial charge in [0.2, 0.25) is 5.91 Å². The lowest BCUT2D eigenvalue weighted by Gasteiger charge is -2.18. The second kappa shape index (κ2) is 5.01. The zero-order valence-corrected chi connectivity index (χ0v) is 8.84. The van der Waals surface area contributed by atoms with Gasteiger partial charge >= 0.3 is 6.18 Å². The van der Waals surface area contributed by atoms with Crippen LogP contribution in [-0.2, 0) is 4.79 Å². The fourth-order valence-corrected chi connectivity index (χ4v) is 1.05. The van der Waals surface area contributed by atoms with Crippen molar-refractivity contribution in [1.82, 2.24) is 10.6 Å². The SMILES string of the molecule is CC(NCC(O)C(F)(F)F)C(=O)NC1CC1. The number of aliphatic hydroxyl groups excluding tert-OH is 1. The molecule has 1 amide bonds. The van der Waals surface area contributed by atoms with E-state index in [2.05, 4.69) is 10.6 Å². The van der Waals surface area contributed by atoms with Crippen molar-refractivity contribution in [2.75, 3.05) is 6.54 Å². The maximum atomic E-state index is 11.9. The number of rotatable bonds is 5. The molecule has 1 saturated carbocycles. The topological polar surface area (TPSA) is 61.4 Å². The normalized spacial score (nSPS) is 20.3. The smallest absolute Gasteiger partial charge is 0.382 e. The molecule has 0 aliphatic heterocycles. The highest BCUT2D eigenvalue weighted by atomic mass is 19.4. The summed E-state index contributed by atoms with van der Waals surface area (Å²) in [7, 11) is 0. The van der Waals surface area contributed by atoms with Gasteiger partial charge in [0.05, 0.1) is 6.04 Å². The average Bonchev–Trinajstić information content (AvgIpc) is 2.95. The molecule has 0 saturated heterocycles. The summed E-state index contributed by atoms with van der Waals surface area (Å²) >= 11 is 0. The molecule has 0 heterocycles. The molecule has 94 valence electrons. The first-order chi connectivity index (χ1) is 7.30. The van der Waals surface area contributed by atoms with Crippen molar-refractivity contribution in [3.05, 3.63) is 0 Å². The van der Waals surface area contributed by atoms with Crippen molar-refractivity contribution in [3.8, 4) is 0 Å². The Hall–Kier alpha value is -0.820. The first-order valence-corrected chi connectivity index (χ1v) is 5.09. The lowest BCUT2D eigenvalue weighted by atomic mass is 10.2. The van der Waals surface area contributed by atoms with Gasteiger partial charge in [-0.3, -0.25) is 4.79 Å². The van der Waals surface area contributed by atoms with E-state index in [1.54, 1.807) is 0 Å². The predicted octanol–water partition coefficient (Wildman–Crippen LogP) is 0.166. The number of aliphatic hydroxyl groups is 1. The summed E-state index contributed by atoms with van der Waals surface area (Å²) in [6.45, 7) is 0.781. The van der Waals surface area contributed by atoms with Crippen LogP contribution in [0.3, 0.4) is 0 Å². The molecular weight excluding hydrogens is 225 g/mol. The molecule has 1 aliphatic carbocycles. The average molecular weight is 240 g/mol. The van der Waals surface area contributed by atoms with Crippen molar-refractivity contribution < 1.29 is 23.1 Å². The van der Waals surface area contributed by atoms with E-state index in [-0.39, 0.29) is 11.9 Å². The summed E-state index contributed by atoms with van der Waals surface area (Å²) in [6.07, 6.45) is -5.25. The van der Waals surface area contributed by atoms with Crippen molar-refractivity contribution in [3.63, 3.8) is 0 Å². The number of carbonyl (C=O) groups is 1. The predicted molar refractivity (Wildman–Crippen MR) is 50.7 cm³/mol. The molecule has 0 aromatic rings. The van der Waals surface area contributed by atoms with Gasteiger partial charge in [0, 0.05) is 12.6 Å². The van der Waals surface area contributed by atoms with Gasteiger partial charge in [0.15, 0.2) is 6.10 Å². The second-order valence-electron chi connectivity index (χ2n) is 3.97. The Morgan fingerprint density at radius 1 is 1.50 bits per heavy atom. The van der Waals surface area contributed by atoms with E-state index in [1.807, 2.05) is 0 Å². The molecule has 0 bridgehead atoms. The van der Waals surface area contributed by atoms with Crippen LogP contribution in [0.1, 0.15) is 19.8 Å². The van der Waals surface area contributed by atoms with Crippen LogP contribution in [0.5, 0.6) is 0 Å². The molecule has 2 atom stereocenters. The van der Waals surface area contributed by atoms with E-state index in [1.165, 1.54) is 6.92 Å². The standard InChI is InChI=1S/C9H15F3N2O2/c1-5(8(16)14-6-2-3-6)13-4-7(15)9(10,11)12/h5-7,13,15H,2-4H2,1H3,(H,14,16). The molecule has 0 aromatic carbocycles. The van der Waals surface area contributed by atoms with Crippen molar-refractivity contribution in [2.24, 2.45) is 0 Å². The van der Waals surface area contributed by atoms with E-state index in [0.29, 0.717) is 0 Å². The number of alkyl halides is 3. The van der Waals surface area contributed by atoms with Crippen LogP contribution in [-0.4, -0.2) is 41.9 Å². The molecule has 16 heavy (non-hydrogen) atoms. The van der Waals surface area contributed by atoms with Crippen LogP contribution in [0.4, 0.5) is 13.2 Å². The van der Waals surface area contributed by atoms with Gasteiger partial charge < -0.3 is 15.7 Å². The van der Waals surface area contributed by atoms with Gasteiger partial charge in [0.25, 0.3) is 0 Å². The summed E-state index contributed by atoms with van der Waals surface area (Å²) in [6, 6.07) is -0.568. The molecular formula is C9H15F3N2O2. The van der Waals surface area contributed by atoms with Gasteiger partial charge in [-0.05, 0) is 19.8 Å². The molecule has 7 heteroatoms. The second-order valence-corrected chi connectivity index (χ2v) is 3.97. The minimum absolute atomic E-state index is 0.171. The summed E-state index contributed by atoms with van der Waals surface area (Å²) in [4.78, 5) is 11.3. The monoisotopic (exact) mass is 240 g/mol. The molecule has 4 nitrogen and oxygen atoms in total. The van der Waals surface area contributed by atoms with Gasteiger partial charge in [-0.25, -0.2) is 0 Å². The maximum Gasteiger partial charge on any atom is 0.415 e. The Labute approximate surface area is 91.2 Å². The van der Waals surface area contributed by atoms with Crippen LogP contribution < -0.4 is 10.6 Å². The van der Waals surface area contributed by atoms with Gasteiger partial charge in [-0.1, -0.05) is 0 Å². The van der Waals surface area contributed by atoms with Crippen molar-refractivity contribution >= 4 is 5.91 Å². The van der Waals surface area contributed by atoms with Crippen molar-refractivity contribution in [1.29, 1.82) is 0 Å². The zero-order chi connectivity index (χ0) is 12.3. The third-order valence-corrected chi connectivity index (χ3v) is 2.31. The summed E-state index contributed by atoms with van der Waals surface area (Å²) in [5, 5.41) is 13.7. The zero-order valence-electron chi connectivity index (χ0n) is 8.84. The minimum atomic E-state index is -4.65. The molecule has 0 radical (unpaired) electrons. The van der Waals surface area contributed by atoms with Crippen molar-refractivity contribution in [2.45, 2.75) is 44.1 Å². The molecule has 1 fully saturated rings. The fraction of sp³-hybridized carbons (Fsp3) is 0.889. The van der Waals surface area contributed by atoms with Gasteiger partial charge in [-0.2, -0.15) is 13.2 Å². The number of amides is 1. The number of hydrogen-bond acceptors (Lipinski definition) is 3. The Kier molecular flexibility index (Phi) is 4.15. The first kappa shape index (κ1) is 13.2. The lowest BCUT2D eigenvalue weighted by Crippen LogP contribution is -2.48. The highest BCUT2D eigenvalue weighted by Gasteiger charge is 2.38. The van der Waals surface area contributed by atoms with Gasteiger partial charge in [0.1, 0.15) is 0 Å². The highest BCUT2D eigenvalue weighted by Crippen LogP contribution is 2.20. The van der Waals surface area contributed by atoms with Crippen LogP contribution in [0.2, 0.25) is 0 Å². The third kappa shape index (κ3) is 4.36. The lowest BCUT2D eigenvalue weighted by molar-refractivity contribution is -0.202. The largest absolute Gasteiger partial charge is 0.415 e. The minimum Gasteiger partial charge on any atom is -0.382 e. The first-order valence-electron chi connectivity index (χ1n) is 5.09. The Morgan fingerprint density at radius 2 is 2.06 bits per heavy atom. The molecule has 0 aromatic heterocycles. The number of halogens is 3. The molecule has 0 spiro atoms.